The van der Waals surface area contributed by atoms with Gasteiger partial charge in [0.2, 0.25) is 0 Å². The molecule has 1 aliphatic heterocycles. The van der Waals surface area contributed by atoms with E-state index >= 15 is 0 Å². The smallest absolute Gasteiger partial charge is 0.179 e. The molecule has 0 unspecified atom stereocenters. The second-order valence-electron chi connectivity index (χ2n) is 8.91. The molecule has 0 aromatic heterocycles. The van der Waals surface area contributed by atoms with E-state index in [9.17, 15) is 9.59 Å². The summed E-state index contributed by atoms with van der Waals surface area (Å²) < 4.78 is 12.8. The highest BCUT2D eigenvalue weighted by Gasteiger charge is 2.53. The van der Waals surface area contributed by atoms with Gasteiger partial charge in [0.15, 0.2) is 11.6 Å². The van der Waals surface area contributed by atoms with Gasteiger partial charge < -0.3 is 9.47 Å². The van der Waals surface area contributed by atoms with Gasteiger partial charge in [-0.05, 0) is 94.0 Å². The fourth-order valence-electron chi connectivity index (χ4n) is 4.11. The van der Waals surface area contributed by atoms with Gasteiger partial charge in [0.05, 0.1) is 0 Å². The topological polar surface area (TPSA) is 52.6 Å². The average molecular weight is 457 g/mol. The summed E-state index contributed by atoms with van der Waals surface area (Å²) in [6.45, 7) is 6.98. The highest BCUT2D eigenvalue weighted by atomic mass is 79.9. The standard InChI is InChI=1S/C24H25BrO4/c1-23(2)21(26)20(22(27)24(3,4)29-23)19-13-17(11-12-18(19)14-5-6-14)28-16-9-7-15(25)8-10-16/h7-14,20H,5-6H2,1-4H3. The molecule has 1 heterocycles. The van der Waals surface area contributed by atoms with E-state index in [4.69, 9.17) is 9.47 Å². The van der Waals surface area contributed by atoms with Crippen LogP contribution in [-0.4, -0.2) is 22.8 Å². The van der Waals surface area contributed by atoms with Crippen LogP contribution in [0.15, 0.2) is 46.9 Å². The maximum Gasteiger partial charge on any atom is 0.179 e. The first-order chi connectivity index (χ1) is 13.6. The first kappa shape index (κ1) is 20.3. The molecule has 2 aliphatic rings. The predicted molar refractivity (Wildman–Crippen MR) is 115 cm³/mol. The Labute approximate surface area is 179 Å². The molecule has 152 valence electrons. The molecule has 0 amide bonds. The number of hydrogen-bond acceptors (Lipinski definition) is 4. The Morgan fingerprint density at radius 2 is 1.41 bits per heavy atom. The predicted octanol–water partition coefficient (Wildman–Crippen LogP) is 5.93. The van der Waals surface area contributed by atoms with Crippen molar-refractivity contribution in [2.75, 3.05) is 0 Å². The van der Waals surface area contributed by atoms with Crippen molar-refractivity contribution in [1.82, 2.24) is 0 Å². The highest BCUT2D eigenvalue weighted by molar-refractivity contribution is 9.10. The number of carbonyl (C=O) groups excluding carboxylic acids is 2. The molecule has 4 rings (SSSR count). The van der Waals surface area contributed by atoms with Gasteiger partial charge in [-0.25, -0.2) is 0 Å². The molecule has 1 aliphatic carbocycles. The summed E-state index contributed by atoms with van der Waals surface area (Å²) >= 11 is 3.42. The summed E-state index contributed by atoms with van der Waals surface area (Å²) in [5.74, 6) is 0.506. The lowest BCUT2D eigenvalue weighted by molar-refractivity contribution is -0.184. The summed E-state index contributed by atoms with van der Waals surface area (Å²) in [5.41, 5.74) is -0.202. The van der Waals surface area contributed by atoms with E-state index in [0.29, 0.717) is 17.4 Å². The minimum Gasteiger partial charge on any atom is -0.457 e. The van der Waals surface area contributed by atoms with Crippen LogP contribution >= 0.6 is 15.9 Å². The van der Waals surface area contributed by atoms with Gasteiger partial charge in [-0.2, -0.15) is 0 Å². The zero-order chi connectivity index (χ0) is 21.0. The molecule has 2 aromatic rings. The molecule has 0 radical (unpaired) electrons. The number of carbonyl (C=O) groups is 2. The largest absolute Gasteiger partial charge is 0.457 e. The Balaban J connectivity index is 1.77. The van der Waals surface area contributed by atoms with Crippen molar-refractivity contribution < 1.29 is 19.1 Å². The van der Waals surface area contributed by atoms with Crippen LogP contribution < -0.4 is 4.74 Å². The number of halogens is 1. The van der Waals surface area contributed by atoms with Crippen LogP contribution in [0.4, 0.5) is 0 Å². The van der Waals surface area contributed by atoms with Crippen molar-refractivity contribution in [3.05, 3.63) is 58.1 Å². The SMILES string of the molecule is CC1(C)OC(C)(C)C(=O)C(c2cc(Oc3ccc(Br)cc3)ccc2C2CC2)C1=O. The Bertz CT molecular complexity index is 945. The number of ketones is 2. The maximum absolute atomic E-state index is 13.3. The number of ether oxygens (including phenoxy) is 2. The molecule has 0 bridgehead atoms. The minimum atomic E-state index is -1.02. The molecule has 2 aromatic carbocycles. The fraction of sp³-hybridized carbons (Fsp3) is 0.417. The summed E-state index contributed by atoms with van der Waals surface area (Å²) in [5, 5.41) is 0. The van der Waals surface area contributed by atoms with Crippen molar-refractivity contribution in [2.24, 2.45) is 0 Å². The highest BCUT2D eigenvalue weighted by Crippen LogP contribution is 2.47. The first-order valence-corrected chi connectivity index (χ1v) is 10.7. The number of hydrogen-bond donors (Lipinski definition) is 0. The van der Waals surface area contributed by atoms with E-state index in [1.165, 1.54) is 0 Å². The van der Waals surface area contributed by atoms with Crippen molar-refractivity contribution in [3.8, 4) is 11.5 Å². The third-order valence-corrected chi connectivity index (χ3v) is 6.19. The summed E-state index contributed by atoms with van der Waals surface area (Å²) in [6, 6.07) is 13.4. The molecule has 4 nitrogen and oxygen atoms in total. The van der Waals surface area contributed by atoms with Gasteiger partial charge >= 0.3 is 0 Å². The number of Topliss-reactive ketones (excluding diaryl/α,β-unsaturated/α-hetero) is 2. The van der Waals surface area contributed by atoms with Crippen LogP contribution in [0.3, 0.4) is 0 Å². The molecule has 29 heavy (non-hydrogen) atoms. The third-order valence-electron chi connectivity index (χ3n) is 5.66. The van der Waals surface area contributed by atoms with E-state index in [0.717, 1.165) is 28.4 Å². The second kappa shape index (κ2) is 7.06. The molecule has 0 N–H and O–H groups in total. The van der Waals surface area contributed by atoms with Crippen LogP contribution in [0, 0.1) is 0 Å². The lowest BCUT2D eigenvalue weighted by Crippen LogP contribution is -2.58. The quantitative estimate of drug-likeness (QED) is 0.535. The fourth-order valence-corrected chi connectivity index (χ4v) is 4.37. The summed E-state index contributed by atoms with van der Waals surface area (Å²) in [4.78, 5) is 26.5. The summed E-state index contributed by atoms with van der Waals surface area (Å²) in [7, 11) is 0. The molecule has 1 saturated heterocycles. The van der Waals surface area contributed by atoms with Gasteiger partial charge in [0.25, 0.3) is 0 Å². The second-order valence-corrected chi connectivity index (χ2v) is 9.82. The van der Waals surface area contributed by atoms with E-state index in [1.807, 2.05) is 42.5 Å². The van der Waals surface area contributed by atoms with Gasteiger partial charge in [-0.15, -0.1) is 0 Å². The van der Waals surface area contributed by atoms with Crippen LogP contribution in [-0.2, 0) is 14.3 Å². The number of rotatable bonds is 4. The molecule has 0 spiro atoms. The van der Waals surface area contributed by atoms with Crippen LogP contribution in [0.25, 0.3) is 0 Å². The minimum absolute atomic E-state index is 0.190. The Hall–Kier alpha value is -1.98. The van der Waals surface area contributed by atoms with Crippen LogP contribution in [0.5, 0.6) is 11.5 Å². The first-order valence-electron chi connectivity index (χ1n) is 9.94. The molecule has 0 atom stereocenters. The van der Waals surface area contributed by atoms with Crippen LogP contribution in [0.2, 0.25) is 0 Å². The van der Waals surface area contributed by atoms with Gasteiger partial charge in [0.1, 0.15) is 28.6 Å². The monoisotopic (exact) mass is 456 g/mol. The van der Waals surface area contributed by atoms with E-state index in [-0.39, 0.29) is 11.6 Å². The Morgan fingerprint density at radius 3 is 1.97 bits per heavy atom. The number of benzene rings is 2. The zero-order valence-corrected chi connectivity index (χ0v) is 18.7. The van der Waals surface area contributed by atoms with Gasteiger partial charge in [-0.1, -0.05) is 22.0 Å². The molecular weight excluding hydrogens is 432 g/mol. The van der Waals surface area contributed by atoms with Crippen molar-refractivity contribution in [1.29, 1.82) is 0 Å². The van der Waals surface area contributed by atoms with Gasteiger partial charge in [-0.3, -0.25) is 9.59 Å². The normalized spacial score (nSPS) is 21.3. The molecule has 5 heteroatoms. The lowest BCUT2D eigenvalue weighted by atomic mass is 9.73. The van der Waals surface area contributed by atoms with Crippen molar-refractivity contribution in [2.45, 2.75) is 63.6 Å². The van der Waals surface area contributed by atoms with Crippen molar-refractivity contribution >= 4 is 27.5 Å². The molecule has 2 fully saturated rings. The Kier molecular flexibility index (Phi) is 4.94. The van der Waals surface area contributed by atoms with E-state index in [2.05, 4.69) is 15.9 Å². The third kappa shape index (κ3) is 3.90. The average Bonchev–Trinajstić information content (AvgIpc) is 3.47. The van der Waals surface area contributed by atoms with E-state index < -0.39 is 17.1 Å². The van der Waals surface area contributed by atoms with Gasteiger partial charge in [0, 0.05) is 4.47 Å². The Morgan fingerprint density at radius 1 is 0.862 bits per heavy atom. The lowest BCUT2D eigenvalue weighted by Gasteiger charge is -2.43. The molecular formula is C24H25BrO4. The van der Waals surface area contributed by atoms with Crippen LogP contribution in [0.1, 0.15) is 63.5 Å². The van der Waals surface area contributed by atoms with Crippen molar-refractivity contribution in [3.63, 3.8) is 0 Å². The maximum atomic E-state index is 13.3. The molecule has 1 saturated carbocycles. The van der Waals surface area contributed by atoms with E-state index in [1.54, 1.807) is 27.7 Å². The summed E-state index contributed by atoms with van der Waals surface area (Å²) in [6.07, 6.45) is 2.16. The zero-order valence-electron chi connectivity index (χ0n) is 17.1.